The number of para-hydroxylation sites is 1. The largest absolute Gasteiger partial charge is 0.490 e. The normalized spacial score (nSPS) is 17.5. The van der Waals surface area contributed by atoms with Crippen LogP contribution in [-0.2, 0) is 27.0 Å². The number of carbonyl (C=O) groups is 1. The van der Waals surface area contributed by atoms with Gasteiger partial charge in [0.1, 0.15) is 24.1 Å². The summed E-state index contributed by atoms with van der Waals surface area (Å²) in [7, 11) is -3.90. The van der Waals surface area contributed by atoms with Crippen LogP contribution in [0.3, 0.4) is 0 Å². The van der Waals surface area contributed by atoms with E-state index in [0.717, 1.165) is 48.1 Å². The minimum absolute atomic E-state index is 0.0834. The molecule has 5 rings (SSSR count). The van der Waals surface area contributed by atoms with Crippen molar-refractivity contribution in [3.05, 3.63) is 77.1 Å². The number of sulfonamides is 1. The van der Waals surface area contributed by atoms with Gasteiger partial charge >= 0.3 is 6.03 Å². The van der Waals surface area contributed by atoms with Crippen LogP contribution in [0.2, 0.25) is 5.02 Å². The summed E-state index contributed by atoms with van der Waals surface area (Å²) in [4.78, 5) is 16.8. The summed E-state index contributed by atoms with van der Waals surface area (Å²) < 4.78 is 41.6. The van der Waals surface area contributed by atoms with Crippen LogP contribution in [0.1, 0.15) is 56.6 Å². The number of amides is 2. The molecule has 4 atom stereocenters. The van der Waals surface area contributed by atoms with Gasteiger partial charge in [0.2, 0.25) is 10.0 Å². The number of nitrogens with zero attached hydrogens (tertiary/aromatic N) is 2. The zero-order chi connectivity index (χ0) is 38.2. The van der Waals surface area contributed by atoms with Gasteiger partial charge in [0.15, 0.2) is 0 Å². The van der Waals surface area contributed by atoms with Gasteiger partial charge in [-0.2, -0.15) is 4.31 Å². The van der Waals surface area contributed by atoms with Crippen LogP contribution in [0.15, 0.2) is 65.8 Å². The van der Waals surface area contributed by atoms with E-state index in [1.54, 1.807) is 25.3 Å². The van der Waals surface area contributed by atoms with Crippen molar-refractivity contribution in [3.8, 4) is 16.9 Å². The number of aliphatic hydroxyl groups excluding tert-OH is 5. The number of aromatic nitrogens is 1. The quantitative estimate of drug-likeness (QED) is 0.0782. The highest BCUT2D eigenvalue weighted by atomic mass is 35.5. The molecule has 2 fully saturated rings. The van der Waals surface area contributed by atoms with Crippen LogP contribution < -0.4 is 15.4 Å². The van der Waals surface area contributed by atoms with Gasteiger partial charge in [-0.1, -0.05) is 36.7 Å². The number of hydrogen-bond donors (Lipinski definition) is 7. The van der Waals surface area contributed by atoms with Gasteiger partial charge < -0.3 is 45.6 Å². The molecule has 2 aliphatic rings. The van der Waals surface area contributed by atoms with Crippen LogP contribution in [0.4, 0.5) is 4.79 Å². The summed E-state index contributed by atoms with van der Waals surface area (Å²) in [6.07, 6.45) is 3.09. The number of hydrogen-bond acceptors (Lipinski definition) is 11. The molecule has 290 valence electrons. The predicted octanol–water partition coefficient (Wildman–Crippen LogP) is 2.68. The van der Waals surface area contributed by atoms with Gasteiger partial charge in [-0.25, -0.2) is 13.2 Å². The number of pyridine rings is 1. The van der Waals surface area contributed by atoms with E-state index in [9.17, 15) is 33.6 Å². The number of urea groups is 1. The van der Waals surface area contributed by atoms with E-state index in [4.69, 9.17) is 26.2 Å². The zero-order valence-electron chi connectivity index (χ0n) is 29.6. The Kier molecular flexibility index (Phi) is 14.1. The Morgan fingerprint density at radius 3 is 2.47 bits per heavy atom. The average Bonchev–Trinajstić information content (AvgIpc) is 4.12. The summed E-state index contributed by atoms with van der Waals surface area (Å²) in [5.41, 5.74) is 2.83. The SMILES string of the molecule is CCN(CCCCNC(=O)NC(CO)C(O)C(O)C(O)CO)S(=O)(=O)c1ccc(Cl)c(COC2(c3cnccc3-c3ccccc3OC3CC3)CC2)c1. The molecule has 3 aromatic rings. The van der Waals surface area contributed by atoms with Crippen LogP contribution in [0.25, 0.3) is 11.1 Å². The number of halogens is 1. The Morgan fingerprint density at radius 2 is 1.79 bits per heavy atom. The van der Waals surface area contributed by atoms with E-state index in [1.807, 2.05) is 36.5 Å². The lowest BCUT2D eigenvalue weighted by Gasteiger charge is -2.28. The Bertz CT molecular complexity index is 1790. The average molecular weight is 777 g/mol. The third-order valence-electron chi connectivity index (χ3n) is 9.50. The van der Waals surface area contributed by atoms with Crippen LogP contribution in [0.5, 0.6) is 5.75 Å². The number of ether oxygens (including phenoxy) is 2. The van der Waals surface area contributed by atoms with Gasteiger partial charge in [-0.15, -0.1) is 0 Å². The summed E-state index contributed by atoms with van der Waals surface area (Å²) in [5, 5.41) is 53.2. The monoisotopic (exact) mass is 776 g/mol. The zero-order valence-corrected chi connectivity index (χ0v) is 31.2. The molecule has 0 bridgehead atoms. The number of aliphatic hydroxyl groups is 5. The Balaban J connectivity index is 1.17. The third-order valence-corrected chi connectivity index (χ3v) is 11.8. The summed E-state index contributed by atoms with van der Waals surface area (Å²) >= 11 is 6.58. The van der Waals surface area contributed by atoms with E-state index in [0.29, 0.717) is 23.4 Å². The first kappa shape index (κ1) is 40.8. The minimum Gasteiger partial charge on any atom is -0.490 e. The maximum absolute atomic E-state index is 13.7. The fourth-order valence-corrected chi connectivity index (χ4v) is 7.75. The third kappa shape index (κ3) is 10.2. The highest BCUT2D eigenvalue weighted by Crippen LogP contribution is 2.53. The molecule has 53 heavy (non-hydrogen) atoms. The first-order valence-electron chi connectivity index (χ1n) is 17.9. The van der Waals surface area contributed by atoms with E-state index in [1.165, 1.54) is 10.4 Å². The second-order valence-electron chi connectivity index (χ2n) is 13.4. The lowest BCUT2D eigenvalue weighted by molar-refractivity contribution is -0.0902. The molecule has 14 nitrogen and oxygen atoms in total. The maximum atomic E-state index is 13.7. The minimum atomic E-state index is -3.90. The number of unbranched alkanes of at least 4 members (excludes halogenated alkanes) is 1. The number of carbonyl (C=O) groups excluding carboxylic acids is 1. The lowest BCUT2D eigenvalue weighted by atomic mass is 9.96. The molecule has 0 saturated heterocycles. The summed E-state index contributed by atoms with van der Waals surface area (Å²) in [6, 6.07) is 12.5. The van der Waals surface area contributed by atoms with Crippen molar-refractivity contribution < 1.29 is 48.2 Å². The molecule has 0 spiro atoms. The molecule has 7 N–H and O–H groups in total. The van der Waals surface area contributed by atoms with Gasteiger partial charge in [-0.05, 0) is 80.0 Å². The topological polar surface area (TPSA) is 211 Å². The number of nitrogens with one attached hydrogen (secondary N) is 2. The summed E-state index contributed by atoms with van der Waals surface area (Å²) in [5.74, 6) is 0.823. The van der Waals surface area contributed by atoms with E-state index < -0.39 is 59.2 Å². The van der Waals surface area contributed by atoms with E-state index >= 15 is 0 Å². The van der Waals surface area contributed by atoms with E-state index in [-0.39, 0.29) is 37.2 Å². The van der Waals surface area contributed by atoms with Gasteiger partial charge in [0.25, 0.3) is 0 Å². The molecule has 2 aromatic carbocycles. The molecule has 2 saturated carbocycles. The second kappa shape index (κ2) is 18.3. The smallest absolute Gasteiger partial charge is 0.315 e. The van der Waals surface area contributed by atoms with Crippen molar-refractivity contribution in [2.75, 3.05) is 32.8 Å². The molecule has 0 radical (unpaired) electrons. The van der Waals surface area contributed by atoms with Crippen molar-refractivity contribution in [3.63, 3.8) is 0 Å². The number of rotatable bonds is 21. The van der Waals surface area contributed by atoms with Crippen molar-refractivity contribution in [2.45, 2.75) is 93.0 Å². The van der Waals surface area contributed by atoms with Crippen molar-refractivity contribution in [1.82, 2.24) is 19.9 Å². The fraction of sp³-hybridized carbons (Fsp3) is 0.514. The number of benzene rings is 2. The Morgan fingerprint density at radius 1 is 1.04 bits per heavy atom. The molecule has 2 aliphatic carbocycles. The van der Waals surface area contributed by atoms with Crippen molar-refractivity contribution in [1.29, 1.82) is 0 Å². The lowest BCUT2D eigenvalue weighted by Crippen LogP contribution is -2.56. The highest BCUT2D eigenvalue weighted by molar-refractivity contribution is 7.89. The molecule has 16 heteroatoms. The first-order valence-corrected chi connectivity index (χ1v) is 19.7. The van der Waals surface area contributed by atoms with Crippen LogP contribution in [-0.4, -0.2) is 113 Å². The second-order valence-corrected chi connectivity index (χ2v) is 15.7. The molecular formula is C37H49ClN4O10S. The van der Waals surface area contributed by atoms with Gasteiger partial charge in [0.05, 0.1) is 42.5 Å². The molecule has 1 aromatic heterocycles. The fourth-order valence-electron chi connectivity index (χ4n) is 6.04. The Hall–Kier alpha value is -3.38. The molecule has 1 heterocycles. The standard InChI is InChI=1S/C37H49ClN4O10S/c1-2-42(18-6-5-16-40-36(48)41-31(21-43)34(46)35(47)32(45)22-44)53(49,50)26-11-12-30(38)24(19-26)23-51-37(14-15-37)29-20-39-17-13-27(29)28-7-3-4-8-33(28)52-25-9-10-25/h3-4,7-8,11-13,17,19-20,25,31-32,34-35,43-47H,2,5-6,9-10,14-16,18,21-23H2,1H3,(H2,40,41,48). The van der Waals surface area contributed by atoms with E-state index in [2.05, 4.69) is 15.6 Å². The van der Waals surface area contributed by atoms with Crippen molar-refractivity contribution in [2.24, 2.45) is 0 Å². The first-order chi connectivity index (χ1) is 25.4. The summed E-state index contributed by atoms with van der Waals surface area (Å²) in [6.45, 7) is 0.820. The molecule has 2 amide bonds. The van der Waals surface area contributed by atoms with Crippen molar-refractivity contribution >= 4 is 27.7 Å². The van der Waals surface area contributed by atoms with Crippen LogP contribution >= 0.6 is 11.6 Å². The van der Waals surface area contributed by atoms with Gasteiger partial charge in [-0.3, -0.25) is 4.98 Å². The Labute approximate surface area is 314 Å². The van der Waals surface area contributed by atoms with Gasteiger partial charge in [0, 0.05) is 48.2 Å². The maximum Gasteiger partial charge on any atom is 0.315 e. The predicted molar refractivity (Wildman–Crippen MR) is 197 cm³/mol. The molecule has 4 unspecified atom stereocenters. The highest BCUT2D eigenvalue weighted by Gasteiger charge is 2.48. The molecular weight excluding hydrogens is 728 g/mol. The van der Waals surface area contributed by atoms with Crippen LogP contribution in [0, 0.1) is 0 Å². The molecule has 0 aliphatic heterocycles.